The van der Waals surface area contributed by atoms with Gasteiger partial charge >= 0.3 is 5.43 Å². The Morgan fingerprint density at radius 1 is 1.60 bits per heavy atom. The predicted octanol–water partition coefficient (Wildman–Crippen LogP) is 2.07. The van der Waals surface area contributed by atoms with Crippen LogP contribution in [0.1, 0.15) is 5.56 Å². The molecule has 1 unspecified atom stereocenters. The minimum atomic E-state index is -2.86. The standard InChI is InChI=1S/C8H7ClO2.H2O3S/c1-6-3-2-4-7(5-6)11-8(9)10;1-4(2)3/h2-5H,1H3;(H2,1,2,3)/p-1. The lowest BCUT2D eigenvalue weighted by atomic mass is 10.2. The lowest BCUT2D eigenvalue weighted by molar-refractivity contribution is 0.225. The molecule has 0 fully saturated rings. The fourth-order valence-electron chi connectivity index (χ4n) is 0.771. The van der Waals surface area contributed by atoms with E-state index in [0.717, 1.165) is 5.56 Å². The van der Waals surface area contributed by atoms with Gasteiger partial charge in [0, 0.05) is 11.6 Å². The van der Waals surface area contributed by atoms with E-state index in [1.807, 2.05) is 13.0 Å². The van der Waals surface area contributed by atoms with Crippen molar-refractivity contribution < 1.29 is 22.8 Å². The molecule has 15 heavy (non-hydrogen) atoms. The van der Waals surface area contributed by atoms with Crippen molar-refractivity contribution >= 4 is 28.4 Å². The third-order valence-corrected chi connectivity index (χ3v) is 1.26. The van der Waals surface area contributed by atoms with Gasteiger partial charge in [-0.2, -0.15) is 0 Å². The summed E-state index contributed by atoms with van der Waals surface area (Å²) < 4.78 is 28.7. The molecule has 1 aromatic rings. The summed E-state index contributed by atoms with van der Waals surface area (Å²) in [5.74, 6) is 0.477. The maximum atomic E-state index is 10.3. The van der Waals surface area contributed by atoms with E-state index in [-0.39, 0.29) is 0 Å². The van der Waals surface area contributed by atoms with Crippen LogP contribution >= 0.6 is 11.6 Å². The van der Waals surface area contributed by atoms with Crippen LogP contribution in [0, 0.1) is 6.92 Å². The number of benzene rings is 1. The molecule has 1 aromatic carbocycles. The summed E-state index contributed by atoms with van der Waals surface area (Å²) in [5, 5.41) is 0. The molecule has 0 radical (unpaired) electrons. The van der Waals surface area contributed by atoms with E-state index >= 15 is 0 Å². The quantitative estimate of drug-likeness (QED) is 0.610. The highest BCUT2D eigenvalue weighted by atomic mass is 35.5. The molecular formula is C8H8ClO5S-. The van der Waals surface area contributed by atoms with Crippen molar-refractivity contribution in [1.82, 2.24) is 0 Å². The molecule has 1 N–H and O–H groups in total. The number of aryl methyl sites for hydroxylation is 1. The highest BCUT2D eigenvalue weighted by molar-refractivity contribution is 7.73. The van der Waals surface area contributed by atoms with Gasteiger partial charge in [0.2, 0.25) is 0 Å². The molecule has 0 heterocycles. The second-order valence-corrected chi connectivity index (χ2v) is 3.12. The second kappa shape index (κ2) is 7.36. The van der Waals surface area contributed by atoms with Crippen molar-refractivity contribution in [2.75, 3.05) is 0 Å². The molecule has 1 atom stereocenters. The number of halogens is 1. The first-order valence-electron chi connectivity index (χ1n) is 3.64. The normalized spacial score (nSPS) is 10.9. The average Bonchev–Trinajstić information content (AvgIpc) is 2.00. The van der Waals surface area contributed by atoms with Gasteiger partial charge in [-0.3, -0.25) is 0 Å². The van der Waals surface area contributed by atoms with Gasteiger partial charge in [-0.1, -0.05) is 12.1 Å². The van der Waals surface area contributed by atoms with Crippen LogP contribution in [0.4, 0.5) is 4.79 Å². The maximum absolute atomic E-state index is 10.3. The molecule has 0 spiro atoms. The van der Waals surface area contributed by atoms with Crippen molar-refractivity contribution in [3.8, 4) is 5.75 Å². The minimum Gasteiger partial charge on any atom is -0.750 e. The molecule has 0 aliphatic heterocycles. The van der Waals surface area contributed by atoms with Gasteiger partial charge in [0.25, 0.3) is 0 Å². The van der Waals surface area contributed by atoms with Crippen LogP contribution in [-0.2, 0) is 11.4 Å². The van der Waals surface area contributed by atoms with E-state index in [1.165, 1.54) is 0 Å². The third-order valence-electron chi connectivity index (χ3n) is 1.19. The fraction of sp³-hybridized carbons (Fsp3) is 0.125. The van der Waals surface area contributed by atoms with Gasteiger partial charge in [0.1, 0.15) is 5.75 Å². The zero-order valence-corrected chi connectivity index (χ0v) is 9.25. The molecule has 0 bridgehead atoms. The Morgan fingerprint density at radius 3 is 2.53 bits per heavy atom. The molecule has 84 valence electrons. The molecule has 7 heteroatoms. The van der Waals surface area contributed by atoms with Crippen LogP contribution in [0.25, 0.3) is 0 Å². The monoisotopic (exact) mass is 251 g/mol. The van der Waals surface area contributed by atoms with Crippen LogP contribution < -0.4 is 4.74 Å². The number of hydrogen-bond donors (Lipinski definition) is 1. The van der Waals surface area contributed by atoms with E-state index in [4.69, 9.17) is 24.9 Å². The summed E-state index contributed by atoms with van der Waals surface area (Å²) in [5.41, 5.74) is 0.219. The zero-order valence-electron chi connectivity index (χ0n) is 7.68. The van der Waals surface area contributed by atoms with Crippen LogP contribution in [0.2, 0.25) is 0 Å². The average molecular weight is 252 g/mol. The summed E-state index contributed by atoms with van der Waals surface area (Å²) in [6.45, 7) is 1.91. The highest BCUT2D eigenvalue weighted by Crippen LogP contribution is 2.13. The van der Waals surface area contributed by atoms with Gasteiger partial charge in [0.15, 0.2) is 0 Å². The predicted molar refractivity (Wildman–Crippen MR) is 54.6 cm³/mol. The van der Waals surface area contributed by atoms with E-state index in [9.17, 15) is 4.79 Å². The molecule has 0 aliphatic carbocycles. The number of carbonyl (C=O) groups excluding carboxylic acids is 1. The Balaban J connectivity index is 0.000000423. The first-order valence-corrected chi connectivity index (χ1v) is 5.05. The van der Waals surface area contributed by atoms with Crippen molar-refractivity contribution in [1.29, 1.82) is 0 Å². The number of ether oxygens (including phenoxy) is 1. The lowest BCUT2D eigenvalue weighted by Crippen LogP contribution is -1.95. The summed E-state index contributed by atoms with van der Waals surface area (Å²) in [6, 6.07) is 7.11. The Labute approximate surface area is 94.1 Å². The molecule has 1 rings (SSSR count). The second-order valence-electron chi connectivity index (χ2n) is 2.37. The molecular weight excluding hydrogens is 244 g/mol. The summed E-state index contributed by atoms with van der Waals surface area (Å²) in [4.78, 5) is 10.3. The molecule has 0 amide bonds. The van der Waals surface area contributed by atoms with Crippen LogP contribution in [0.15, 0.2) is 24.3 Å². The zero-order chi connectivity index (χ0) is 11.8. The molecule has 0 saturated heterocycles. The van der Waals surface area contributed by atoms with Crippen molar-refractivity contribution in [2.45, 2.75) is 6.92 Å². The van der Waals surface area contributed by atoms with Gasteiger partial charge in [-0.15, -0.1) is 0 Å². The van der Waals surface area contributed by atoms with E-state index in [1.54, 1.807) is 18.2 Å². The van der Waals surface area contributed by atoms with Gasteiger partial charge in [-0.25, -0.2) is 9.00 Å². The number of hydrogen-bond acceptors (Lipinski definition) is 4. The van der Waals surface area contributed by atoms with Crippen molar-refractivity contribution in [2.24, 2.45) is 0 Å². The van der Waals surface area contributed by atoms with Gasteiger partial charge in [0.05, 0.1) is 11.4 Å². The SMILES string of the molecule is Cc1cccc(OC(=O)Cl)c1.O=S([O-])O. The maximum Gasteiger partial charge on any atom is 0.409 e. The Bertz CT molecular complexity index is 351. The number of rotatable bonds is 1. The Hall–Kier alpha value is -0.950. The third kappa shape index (κ3) is 9.36. The van der Waals surface area contributed by atoms with Gasteiger partial charge in [-0.05, 0) is 24.6 Å². The molecule has 5 nitrogen and oxygen atoms in total. The molecule has 0 aromatic heterocycles. The highest BCUT2D eigenvalue weighted by Gasteiger charge is 1.97. The summed E-state index contributed by atoms with van der Waals surface area (Å²) >= 11 is 2.14. The van der Waals surface area contributed by atoms with Crippen LogP contribution in [0.3, 0.4) is 0 Å². The van der Waals surface area contributed by atoms with Crippen molar-refractivity contribution in [3.05, 3.63) is 29.8 Å². The van der Waals surface area contributed by atoms with E-state index in [0.29, 0.717) is 5.75 Å². The van der Waals surface area contributed by atoms with E-state index < -0.39 is 16.8 Å². The largest absolute Gasteiger partial charge is 0.750 e. The molecule has 0 saturated carbocycles. The first kappa shape index (κ1) is 14.1. The number of carbonyl (C=O) groups is 1. The Kier molecular flexibility index (Phi) is 6.89. The fourth-order valence-corrected chi connectivity index (χ4v) is 0.861. The van der Waals surface area contributed by atoms with Crippen molar-refractivity contribution in [3.63, 3.8) is 0 Å². The van der Waals surface area contributed by atoms with Crippen LogP contribution in [0.5, 0.6) is 5.75 Å². The topological polar surface area (TPSA) is 86.7 Å². The van der Waals surface area contributed by atoms with E-state index in [2.05, 4.69) is 4.74 Å². The minimum absolute atomic E-state index is 0.477. The molecule has 0 aliphatic rings. The first-order chi connectivity index (χ1) is 6.91. The lowest BCUT2D eigenvalue weighted by Gasteiger charge is -1.98. The summed E-state index contributed by atoms with van der Waals surface area (Å²) in [6.07, 6.45) is 0. The Morgan fingerprint density at radius 2 is 2.13 bits per heavy atom. The van der Waals surface area contributed by atoms with Gasteiger partial charge < -0.3 is 13.8 Å². The smallest absolute Gasteiger partial charge is 0.409 e. The summed E-state index contributed by atoms with van der Waals surface area (Å²) in [7, 11) is 0. The van der Waals surface area contributed by atoms with Crippen LogP contribution in [-0.4, -0.2) is 18.7 Å².